The van der Waals surface area contributed by atoms with Crippen LogP contribution in [-0.4, -0.2) is 27.2 Å². The zero-order valence-corrected chi connectivity index (χ0v) is 11.8. The second kappa shape index (κ2) is 4.45. The van der Waals surface area contributed by atoms with Crippen LogP contribution in [0.15, 0.2) is 11.6 Å². The van der Waals surface area contributed by atoms with Crippen molar-refractivity contribution in [2.45, 2.75) is 37.1 Å². The van der Waals surface area contributed by atoms with Gasteiger partial charge in [0, 0.05) is 18.1 Å². The maximum absolute atomic E-state index is 12.1. The third-order valence-corrected chi connectivity index (χ3v) is 4.94. The smallest absolute Gasteiger partial charge is 0.237 e. The van der Waals surface area contributed by atoms with Crippen LogP contribution in [-0.2, 0) is 10.3 Å². The van der Waals surface area contributed by atoms with Crippen LogP contribution in [0.3, 0.4) is 0 Å². The van der Waals surface area contributed by atoms with E-state index in [9.17, 15) is 4.79 Å². The Hall–Kier alpha value is -0.420. The number of halogens is 1. The largest absolute Gasteiger partial charge is 0.330 e. The van der Waals surface area contributed by atoms with E-state index in [2.05, 4.69) is 34.8 Å². The summed E-state index contributed by atoms with van der Waals surface area (Å²) in [6, 6.07) is 0. The molecule has 1 fully saturated rings. The van der Waals surface area contributed by atoms with Crippen LogP contribution in [0.4, 0.5) is 0 Å². The topological polar surface area (TPSA) is 33.2 Å². The first-order valence-corrected chi connectivity index (χ1v) is 7.18. The van der Waals surface area contributed by atoms with Gasteiger partial charge < -0.3 is 4.90 Å². The summed E-state index contributed by atoms with van der Waals surface area (Å²) in [5, 5.41) is 2.96. The summed E-state index contributed by atoms with van der Waals surface area (Å²) in [7, 11) is 0. The number of carbonyl (C=O) groups excluding carboxylic acids is 1. The van der Waals surface area contributed by atoms with Gasteiger partial charge in [-0.15, -0.1) is 11.3 Å². The van der Waals surface area contributed by atoms with Gasteiger partial charge in [0.2, 0.25) is 5.91 Å². The summed E-state index contributed by atoms with van der Waals surface area (Å²) < 4.78 is 0. The number of nitrogens with zero attached hydrogens (tertiary/aromatic N) is 2. The molecule has 1 aromatic heterocycles. The molecular weight excluding hydrogens is 288 g/mol. The van der Waals surface area contributed by atoms with E-state index in [1.54, 1.807) is 17.5 Å². The van der Waals surface area contributed by atoms with Gasteiger partial charge in [0.1, 0.15) is 5.01 Å². The Kier molecular flexibility index (Phi) is 3.35. The van der Waals surface area contributed by atoms with Crippen LogP contribution in [0.1, 0.15) is 31.7 Å². The normalized spacial score (nSPS) is 22.6. The number of piperidine rings is 1. The highest BCUT2D eigenvalue weighted by atomic mass is 79.9. The Balaban J connectivity index is 2.26. The van der Waals surface area contributed by atoms with Crippen molar-refractivity contribution < 1.29 is 4.79 Å². The van der Waals surface area contributed by atoms with Gasteiger partial charge in [-0.25, -0.2) is 4.98 Å². The summed E-state index contributed by atoms with van der Waals surface area (Å²) in [6.45, 7) is 4.96. The highest BCUT2D eigenvalue weighted by molar-refractivity contribution is 9.10. The third-order valence-electron chi connectivity index (χ3n) is 3.00. The van der Waals surface area contributed by atoms with Crippen molar-refractivity contribution >= 4 is 33.2 Å². The molecule has 5 heteroatoms. The summed E-state index contributed by atoms with van der Waals surface area (Å²) in [6.07, 6.45) is 3.78. The quantitative estimate of drug-likeness (QED) is 0.787. The van der Waals surface area contributed by atoms with Crippen molar-refractivity contribution in [3.8, 4) is 0 Å². The molecule has 2 heterocycles. The van der Waals surface area contributed by atoms with Gasteiger partial charge in [0.05, 0.1) is 10.4 Å². The molecule has 0 spiro atoms. The van der Waals surface area contributed by atoms with E-state index < -0.39 is 0 Å². The van der Waals surface area contributed by atoms with Gasteiger partial charge in [-0.3, -0.25) is 4.79 Å². The molecule has 0 N–H and O–H groups in total. The van der Waals surface area contributed by atoms with E-state index in [-0.39, 0.29) is 16.3 Å². The monoisotopic (exact) mass is 302 g/mol. The molecular formula is C11H15BrN2OS. The van der Waals surface area contributed by atoms with Gasteiger partial charge in [0.15, 0.2) is 0 Å². The lowest BCUT2D eigenvalue weighted by Crippen LogP contribution is -2.51. The highest BCUT2D eigenvalue weighted by Crippen LogP contribution is 2.33. The number of hydrogen-bond acceptors (Lipinski definition) is 3. The number of carbonyl (C=O) groups is 1. The first kappa shape index (κ1) is 12.0. The second-order valence-corrected chi connectivity index (χ2v) is 6.50. The van der Waals surface area contributed by atoms with Crippen LogP contribution in [0.5, 0.6) is 0 Å². The molecule has 1 atom stereocenters. The van der Waals surface area contributed by atoms with Crippen molar-refractivity contribution in [2.75, 3.05) is 6.54 Å². The fraction of sp³-hybridized carbons (Fsp3) is 0.636. The van der Waals surface area contributed by atoms with Crippen LogP contribution in [0.25, 0.3) is 0 Å². The minimum Gasteiger partial charge on any atom is -0.330 e. The molecule has 1 aliphatic rings. The van der Waals surface area contributed by atoms with E-state index in [1.807, 2.05) is 10.3 Å². The number of aromatic nitrogens is 1. The number of rotatable bonds is 2. The number of alkyl halides is 1. The maximum Gasteiger partial charge on any atom is 0.237 e. The molecule has 3 nitrogen and oxygen atoms in total. The molecule has 0 aliphatic carbocycles. The van der Waals surface area contributed by atoms with Crippen molar-refractivity contribution in [3.05, 3.63) is 16.6 Å². The van der Waals surface area contributed by atoms with Gasteiger partial charge >= 0.3 is 0 Å². The standard InChI is InChI=1S/C11H15BrN2OS/c1-11(2,10-13-5-7-16-10)14-6-3-4-8(12)9(14)15/h5,7-8H,3-4,6H2,1-2H3. The predicted molar refractivity (Wildman–Crippen MR) is 68.8 cm³/mol. The van der Waals surface area contributed by atoms with E-state index in [0.717, 1.165) is 24.4 Å². The lowest BCUT2D eigenvalue weighted by molar-refractivity contribution is -0.138. The minimum absolute atomic E-state index is 0.0273. The fourth-order valence-electron chi connectivity index (χ4n) is 2.03. The van der Waals surface area contributed by atoms with E-state index in [0.29, 0.717) is 0 Å². The van der Waals surface area contributed by atoms with E-state index in [1.165, 1.54) is 0 Å². The zero-order chi connectivity index (χ0) is 11.8. The summed E-state index contributed by atoms with van der Waals surface area (Å²) in [5.41, 5.74) is -0.294. The molecule has 0 aromatic carbocycles. The Morgan fingerprint density at radius 3 is 3.00 bits per heavy atom. The van der Waals surface area contributed by atoms with Crippen LogP contribution >= 0.6 is 27.3 Å². The maximum atomic E-state index is 12.1. The molecule has 1 aliphatic heterocycles. The first-order chi connectivity index (χ1) is 7.53. The van der Waals surface area contributed by atoms with Crippen LogP contribution < -0.4 is 0 Å². The molecule has 1 unspecified atom stereocenters. The van der Waals surface area contributed by atoms with Crippen molar-refractivity contribution in [1.82, 2.24) is 9.88 Å². The summed E-state index contributed by atoms with van der Waals surface area (Å²) in [5.74, 6) is 0.187. The molecule has 0 radical (unpaired) electrons. The molecule has 1 amide bonds. The molecule has 2 rings (SSSR count). The molecule has 0 saturated carbocycles. The van der Waals surface area contributed by atoms with Gasteiger partial charge in [0.25, 0.3) is 0 Å². The number of likely N-dealkylation sites (tertiary alicyclic amines) is 1. The third kappa shape index (κ3) is 2.02. The average Bonchev–Trinajstić information content (AvgIpc) is 2.75. The Bertz CT molecular complexity index is 377. The van der Waals surface area contributed by atoms with Crippen molar-refractivity contribution in [2.24, 2.45) is 0 Å². The van der Waals surface area contributed by atoms with Gasteiger partial charge in [-0.1, -0.05) is 15.9 Å². The lowest BCUT2D eigenvalue weighted by atomic mass is 9.99. The van der Waals surface area contributed by atoms with Crippen LogP contribution in [0.2, 0.25) is 0 Å². The molecule has 1 aromatic rings. The Morgan fingerprint density at radius 2 is 2.38 bits per heavy atom. The first-order valence-electron chi connectivity index (χ1n) is 5.39. The molecule has 88 valence electrons. The van der Waals surface area contributed by atoms with Gasteiger partial charge in [-0.2, -0.15) is 0 Å². The van der Waals surface area contributed by atoms with Crippen LogP contribution in [0, 0.1) is 0 Å². The number of amides is 1. The van der Waals surface area contributed by atoms with Gasteiger partial charge in [-0.05, 0) is 26.7 Å². The average molecular weight is 303 g/mol. The van der Waals surface area contributed by atoms with Crippen molar-refractivity contribution in [1.29, 1.82) is 0 Å². The Labute approximate surface area is 108 Å². The summed E-state index contributed by atoms with van der Waals surface area (Å²) in [4.78, 5) is 18.4. The predicted octanol–water partition coefficient (Wildman–Crippen LogP) is 2.76. The molecule has 0 bridgehead atoms. The number of thiazole rings is 1. The lowest BCUT2D eigenvalue weighted by Gasteiger charge is -2.41. The number of hydrogen-bond donors (Lipinski definition) is 0. The SMILES string of the molecule is CC(C)(c1nccs1)N1CCCC(Br)C1=O. The van der Waals surface area contributed by atoms with E-state index in [4.69, 9.17) is 0 Å². The zero-order valence-electron chi connectivity index (χ0n) is 9.44. The molecule has 1 saturated heterocycles. The van der Waals surface area contributed by atoms with Crippen molar-refractivity contribution in [3.63, 3.8) is 0 Å². The second-order valence-electron chi connectivity index (χ2n) is 4.50. The molecule has 16 heavy (non-hydrogen) atoms. The highest BCUT2D eigenvalue weighted by Gasteiger charge is 2.38. The van der Waals surface area contributed by atoms with E-state index >= 15 is 0 Å². The Morgan fingerprint density at radius 1 is 1.62 bits per heavy atom. The fourth-order valence-corrected chi connectivity index (χ4v) is 3.37. The minimum atomic E-state index is -0.294. The summed E-state index contributed by atoms with van der Waals surface area (Å²) >= 11 is 5.05.